The molecule has 1 N–H and O–H groups in total. The van der Waals surface area contributed by atoms with Gasteiger partial charge in [-0.1, -0.05) is 47.5 Å². The molecule has 0 radical (unpaired) electrons. The van der Waals surface area contributed by atoms with Gasteiger partial charge in [-0.25, -0.2) is 9.67 Å². The summed E-state index contributed by atoms with van der Waals surface area (Å²) < 4.78 is 1.75. The van der Waals surface area contributed by atoms with Crippen LogP contribution >= 0.6 is 11.6 Å². The van der Waals surface area contributed by atoms with E-state index in [1.54, 1.807) is 4.68 Å². The number of pyridine rings is 1. The first kappa shape index (κ1) is 18.2. The number of halogens is 1. The molecular formula is C22H19ClN4O. The average molecular weight is 391 g/mol. The van der Waals surface area contributed by atoms with Crippen LogP contribution in [0.1, 0.15) is 27.2 Å². The van der Waals surface area contributed by atoms with Crippen molar-refractivity contribution in [1.82, 2.24) is 14.8 Å². The summed E-state index contributed by atoms with van der Waals surface area (Å²) in [6.45, 7) is 5.84. The number of para-hydroxylation sites is 1. The minimum Gasteiger partial charge on any atom is -0.322 e. The maximum Gasteiger partial charge on any atom is 0.258 e. The van der Waals surface area contributed by atoms with Crippen molar-refractivity contribution in [1.29, 1.82) is 0 Å². The van der Waals surface area contributed by atoms with Crippen LogP contribution in [0.25, 0.3) is 16.7 Å². The predicted octanol–water partition coefficient (Wildman–Crippen LogP) is 5.25. The molecule has 1 amide bonds. The number of hydrogen-bond acceptors (Lipinski definition) is 3. The summed E-state index contributed by atoms with van der Waals surface area (Å²) in [6, 6.07) is 15.6. The third kappa shape index (κ3) is 3.14. The molecule has 0 spiro atoms. The fourth-order valence-corrected chi connectivity index (χ4v) is 3.49. The number of amides is 1. The molecule has 6 heteroatoms. The number of aryl methyl sites for hydroxylation is 3. The van der Waals surface area contributed by atoms with Crippen LogP contribution in [-0.2, 0) is 0 Å². The second kappa shape index (κ2) is 7.09. The van der Waals surface area contributed by atoms with Crippen LogP contribution in [0.5, 0.6) is 0 Å². The summed E-state index contributed by atoms with van der Waals surface area (Å²) in [5.74, 6) is -0.295. The molecule has 140 valence electrons. The maximum atomic E-state index is 12.8. The van der Waals surface area contributed by atoms with E-state index in [0.29, 0.717) is 21.6 Å². The van der Waals surface area contributed by atoms with Crippen LogP contribution in [0.3, 0.4) is 0 Å². The van der Waals surface area contributed by atoms with E-state index in [4.69, 9.17) is 11.6 Å². The molecule has 2 aromatic carbocycles. The van der Waals surface area contributed by atoms with E-state index in [-0.39, 0.29) is 5.91 Å². The van der Waals surface area contributed by atoms with E-state index >= 15 is 0 Å². The first-order chi connectivity index (χ1) is 13.5. The van der Waals surface area contributed by atoms with Crippen molar-refractivity contribution in [2.75, 3.05) is 5.32 Å². The minimum absolute atomic E-state index is 0.295. The van der Waals surface area contributed by atoms with Crippen molar-refractivity contribution >= 4 is 34.2 Å². The predicted molar refractivity (Wildman–Crippen MR) is 112 cm³/mol. The van der Waals surface area contributed by atoms with Crippen LogP contribution in [-0.4, -0.2) is 20.7 Å². The van der Waals surface area contributed by atoms with Gasteiger partial charge in [-0.15, -0.1) is 0 Å². The first-order valence-corrected chi connectivity index (χ1v) is 9.31. The van der Waals surface area contributed by atoms with E-state index in [9.17, 15) is 4.79 Å². The number of nitrogens with zero attached hydrogens (tertiary/aromatic N) is 3. The minimum atomic E-state index is -0.295. The number of hydrogen-bond donors (Lipinski definition) is 1. The summed E-state index contributed by atoms with van der Waals surface area (Å²) in [4.78, 5) is 17.3. The third-order valence-corrected chi connectivity index (χ3v) is 5.12. The van der Waals surface area contributed by atoms with Crippen molar-refractivity contribution in [2.24, 2.45) is 0 Å². The topological polar surface area (TPSA) is 59.8 Å². The number of aromatic nitrogens is 3. The monoisotopic (exact) mass is 390 g/mol. The molecule has 5 nitrogen and oxygen atoms in total. The van der Waals surface area contributed by atoms with Crippen LogP contribution in [0.15, 0.2) is 54.7 Å². The number of anilines is 1. The number of fused-ring (bicyclic) bond motifs is 1. The highest BCUT2D eigenvalue weighted by molar-refractivity contribution is 6.39. The summed E-state index contributed by atoms with van der Waals surface area (Å²) in [5, 5.41) is 8.53. The van der Waals surface area contributed by atoms with Crippen LogP contribution < -0.4 is 5.32 Å². The van der Waals surface area contributed by atoms with Crippen LogP contribution in [0.4, 0.5) is 5.69 Å². The summed E-state index contributed by atoms with van der Waals surface area (Å²) >= 11 is 6.62. The van der Waals surface area contributed by atoms with Gasteiger partial charge in [0.05, 0.1) is 27.4 Å². The van der Waals surface area contributed by atoms with Crippen molar-refractivity contribution in [3.8, 4) is 5.69 Å². The maximum absolute atomic E-state index is 12.8. The molecule has 2 heterocycles. The molecule has 0 unspecified atom stereocenters. The molecule has 0 aliphatic heterocycles. The summed E-state index contributed by atoms with van der Waals surface area (Å²) in [6.07, 6.45) is 1.50. The fraction of sp³-hybridized carbons (Fsp3) is 0.136. The van der Waals surface area contributed by atoms with Crippen LogP contribution in [0, 0.1) is 20.8 Å². The molecule has 4 rings (SSSR count). The lowest BCUT2D eigenvalue weighted by Crippen LogP contribution is -2.14. The zero-order chi connectivity index (χ0) is 19.8. The highest BCUT2D eigenvalue weighted by atomic mass is 35.5. The van der Waals surface area contributed by atoms with E-state index in [1.807, 2.05) is 69.3 Å². The van der Waals surface area contributed by atoms with Gasteiger partial charge in [0, 0.05) is 11.9 Å². The number of rotatable bonds is 3. The Balaban J connectivity index is 1.77. The van der Waals surface area contributed by atoms with Gasteiger partial charge in [0.2, 0.25) is 0 Å². The highest BCUT2D eigenvalue weighted by Crippen LogP contribution is 2.30. The van der Waals surface area contributed by atoms with Gasteiger partial charge in [0.15, 0.2) is 5.65 Å². The molecule has 0 atom stereocenters. The van der Waals surface area contributed by atoms with Gasteiger partial charge in [-0.05, 0) is 44.5 Å². The molecule has 0 fully saturated rings. The quantitative estimate of drug-likeness (QED) is 0.519. The van der Waals surface area contributed by atoms with Gasteiger partial charge in [0.25, 0.3) is 5.91 Å². The fourth-order valence-electron chi connectivity index (χ4n) is 3.14. The van der Waals surface area contributed by atoms with Gasteiger partial charge in [-0.3, -0.25) is 4.79 Å². The Labute approximate surface area is 168 Å². The Bertz CT molecular complexity index is 1200. The van der Waals surface area contributed by atoms with Crippen molar-refractivity contribution in [2.45, 2.75) is 20.8 Å². The number of carbonyl (C=O) groups is 1. The number of carbonyl (C=O) groups excluding carboxylic acids is 1. The Morgan fingerprint density at radius 2 is 1.75 bits per heavy atom. The summed E-state index contributed by atoms with van der Waals surface area (Å²) in [7, 11) is 0. The molecule has 0 bridgehead atoms. The number of benzene rings is 2. The molecule has 0 aliphatic rings. The van der Waals surface area contributed by atoms with Gasteiger partial charge >= 0.3 is 0 Å². The van der Waals surface area contributed by atoms with Gasteiger partial charge in [-0.2, -0.15) is 5.10 Å². The SMILES string of the molecule is Cc1ccc(-n2nc(C)c3c(Cl)c(C(=O)Nc4ccccc4C)cnc32)cc1. The normalized spacial score (nSPS) is 11.0. The smallest absolute Gasteiger partial charge is 0.258 e. The zero-order valence-electron chi connectivity index (χ0n) is 15.8. The van der Waals surface area contributed by atoms with Gasteiger partial charge in [0.1, 0.15) is 0 Å². The van der Waals surface area contributed by atoms with E-state index < -0.39 is 0 Å². The van der Waals surface area contributed by atoms with Crippen molar-refractivity contribution in [3.63, 3.8) is 0 Å². The Hall–Kier alpha value is -3.18. The summed E-state index contributed by atoms with van der Waals surface area (Å²) in [5.41, 5.74) is 5.45. The molecule has 2 aromatic heterocycles. The largest absolute Gasteiger partial charge is 0.322 e. The molecule has 0 saturated heterocycles. The zero-order valence-corrected chi connectivity index (χ0v) is 16.6. The standard InChI is InChI=1S/C22H19ClN4O/c1-13-8-10-16(11-9-13)27-21-19(15(3)26-27)20(23)17(12-24-21)22(28)25-18-7-5-4-6-14(18)2/h4-12H,1-3H3,(H,25,28). The lowest BCUT2D eigenvalue weighted by Gasteiger charge is -2.10. The Kier molecular flexibility index (Phi) is 4.61. The molecule has 0 saturated carbocycles. The molecular weight excluding hydrogens is 372 g/mol. The van der Waals surface area contributed by atoms with E-state index in [1.165, 1.54) is 6.20 Å². The van der Waals surface area contributed by atoms with Gasteiger partial charge < -0.3 is 5.32 Å². The molecule has 28 heavy (non-hydrogen) atoms. The van der Waals surface area contributed by atoms with E-state index in [2.05, 4.69) is 15.4 Å². The molecule has 0 aliphatic carbocycles. The third-order valence-electron chi connectivity index (χ3n) is 4.72. The van der Waals surface area contributed by atoms with Crippen molar-refractivity contribution < 1.29 is 4.79 Å². The lowest BCUT2D eigenvalue weighted by atomic mass is 10.1. The Morgan fingerprint density at radius 3 is 2.46 bits per heavy atom. The number of nitrogens with one attached hydrogen (secondary N) is 1. The van der Waals surface area contributed by atoms with Crippen molar-refractivity contribution in [3.05, 3.63) is 82.1 Å². The average Bonchev–Trinajstić information content (AvgIpc) is 3.02. The first-order valence-electron chi connectivity index (χ1n) is 8.93. The van der Waals surface area contributed by atoms with Crippen LogP contribution in [0.2, 0.25) is 5.02 Å². The Morgan fingerprint density at radius 1 is 1.04 bits per heavy atom. The second-order valence-corrected chi connectivity index (χ2v) is 7.16. The second-order valence-electron chi connectivity index (χ2n) is 6.79. The highest BCUT2D eigenvalue weighted by Gasteiger charge is 2.20. The van der Waals surface area contributed by atoms with E-state index in [0.717, 1.165) is 28.2 Å². The lowest BCUT2D eigenvalue weighted by molar-refractivity contribution is 0.102. The molecule has 4 aromatic rings.